The number of rotatable bonds is 14. The van der Waals surface area contributed by atoms with Crippen LogP contribution in [0.25, 0.3) is 17.8 Å². The van der Waals surface area contributed by atoms with Crippen molar-refractivity contribution in [2.45, 2.75) is 51.7 Å². The summed E-state index contributed by atoms with van der Waals surface area (Å²) in [7, 11) is 5.07. The zero-order valence-electron chi connectivity index (χ0n) is 33.3. The molecule has 18 nitrogen and oxygen atoms in total. The molecule has 1 aliphatic heterocycles. The van der Waals surface area contributed by atoms with E-state index < -0.39 is 24.1 Å². The van der Waals surface area contributed by atoms with Gasteiger partial charge in [-0.1, -0.05) is 32.9 Å². The van der Waals surface area contributed by atoms with Crippen molar-refractivity contribution in [1.29, 1.82) is 0 Å². The standard InChI is InChI=1S/C39H47N11O7S/c1-39(2,3)30-24-58-37(41-30)43-35(53)26-13-19-48-32(21-26)42-34(47-17-14-28(15-18-47)57-38(55)40-16-20-50(4,5)23-33(51)52)29(36(48)54)11-12-31-44-46-49(45-31)22-25-7-9-27(56-6)10-8-25/h7-13,19,21,24,28H,14-18,20,22-23H2,1-6H3,(H2-,40,41,43,51,52,53,55). The number of nitrogens with zero attached hydrogens (tertiary/aromatic N) is 9. The number of alkyl carbamates (subject to hydrolysis) is 1. The molecule has 5 aromatic rings. The second kappa shape index (κ2) is 17.5. The normalized spacial score (nSPS) is 13.9. The number of methoxy groups -OCH3 is 1. The van der Waals surface area contributed by atoms with E-state index in [1.807, 2.05) is 55.3 Å². The van der Waals surface area contributed by atoms with E-state index in [1.54, 1.807) is 45.5 Å². The molecule has 1 saturated heterocycles. The average Bonchev–Trinajstić information content (AvgIpc) is 3.84. The molecule has 0 unspecified atom stereocenters. The van der Waals surface area contributed by atoms with Gasteiger partial charge < -0.3 is 34.1 Å². The Balaban J connectivity index is 1.21. The summed E-state index contributed by atoms with van der Waals surface area (Å²) < 4.78 is 12.4. The predicted molar refractivity (Wildman–Crippen MR) is 216 cm³/mol. The number of aliphatic carboxylic acids is 1. The number of tetrazole rings is 1. The molecule has 0 atom stereocenters. The number of piperidine rings is 1. The van der Waals surface area contributed by atoms with Crippen molar-refractivity contribution < 1.29 is 33.4 Å². The number of nitrogens with one attached hydrogen (secondary N) is 2. The number of hydrogen-bond acceptors (Lipinski definition) is 14. The fourth-order valence-electron chi connectivity index (χ4n) is 6.22. The number of likely N-dealkylation sites (N-methyl/N-ethyl adjacent to an activating group) is 1. The molecule has 0 spiro atoms. The first-order valence-electron chi connectivity index (χ1n) is 18.7. The molecule has 2 N–H and O–H groups in total. The molecule has 19 heteroatoms. The number of fused-ring (bicyclic) bond motifs is 1. The molecule has 5 heterocycles. The van der Waals surface area contributed by atoms with E-state index in [0.717, 1.165) is 17.0 Å². The zero-order chi connectivity index (χ0) is 41.6. The highest BCUT2D eigenvalue weighted by molar-refractivity contribution is 7.14. The third kappa shape index (κ3) is 10.6. The number of benzene rings is 1. The molecule has 1 aromatic carbocycles. The van der Waals surface area contributed by atoms with Gasteiger partial charge in [-0.2, -0.15) is 4.80 Å². The Labute approximate surface area is 338 Å². The second-order valence-electron chi connectivity index (χ2n) is 15.6. The van der Waals surface area contributed by atoms with Crippen molar-refractivity contribution >= 4 is 58.1 Å². The van der Waals surface area contributed by atoms with Gasteiger partial charge in [0.15, 0.2) is 11.0 Å². The van der Waals surface area contributed by atoms with Gasteiger partial charge in [0.25, 0.3) is 11.5 Å². The van der Waals surface area contributed by atoms with Crippen LogP contribution in [0.4, 0.5) is 15.7 Å². The Bertz CT molecular complexity index is 2360. The van der Waals surface area contributed by atoms with E-state index in [9.17, 15) is 24.3 Å². The fraction of sp³-hybridized carbons (Fsp3) is 0.410. The van der Waals surface area contributed by atoms with Crippen LogP contribution in [0.5, 0.6) is 5.75 Å². The molecule has 6 rings (SSSR count). The van der Waals surface area contributed by atoms with Crippen molar-refractivity contribution in [3.05, 3.63) is 86.5 Å². The largest absolute Gasteiger partial charge is 0.544 e. The highest BCUT2D eigenvalue weighted by Crippen LogP contribution is 2.27. The predicted octanol–water partition coefficient (Wildman–Crippen LogP) is 2.44. The topological polar surface area (TPSA) is 211 Å². The van der Waals surface area contributed by atoms with Crippen LogP contribution in [0, 0.1) is 0 Å². The summed E-state index contributed by atoms with van der Waals surface area (Å²) in [5.41, 5.74) is 2.10. The van der Waals surface area contributed by atoms with Gasteiger partial charge in [-0.3, -0.25) is 19.3 Å². The lowest BCUT2D eigenvalue weighted by atomic mass is 9.93. The van der Waals surface area contributed by atoms with Crippen LogP contribution < -0.4 is 30.9 Å². The Morgan fingerprint density at radius 1 is 1.07 bits per heavy atom. The molecule has 1 fully saturated rings. The molecule has 0 bridgehead atoms. The summed E-state index contributed by atoms with van der Waals surface area (Å²) in [6.45, 7) is 7.76. The third-order valence-corrected chi connectivity index (χ3v) is 10.3. The van der Waals surface area contributed by atoms with Crippen LogP contribution in [0.15, 0.2) is 52.8 Å². The van der Waals surface area contributed by atoms with Crippen LogP contribution in [0.1, 0.15) is 66.6 Å². The van der Waals surface area contributed by atoms with Crippen LogP contribution in [-0.2, 0) is 21.5 Å². The molecule has 0 saturated carbocycles. The first-order chi connectivity index (χ1) is 27.6. The van der Waals surface area contributed by atoms with E-state index in [1.165, 1.54) is 26.7 Å². The van der Waals surface area contributed by atoms with Crippen molar-refractivity contribution in [2.75, 3.05) is 64.1 Å². The summed E-state index contributed by atoms with van der Waals surface area (Å²) in [6.07, 6.45) is 4.65. The van der Waals surface area contributed by atoms with Crippen LogP contribution in [-0.4, -0.2) is 117 Å². The Morgan fingerprint density at radius 2 is 1.81 bits per heavy atom. The number of aromatic nitrogens is 7. The molecule has 4 aromatic heterocycles. The number of ether oxygens (including phenoxy) is 2. The number of anilines is 2. The van der Waals surface area contributed by atoms with Crippen molar-refractivity contribution in [2.24, 2.45) is 0 Å². The van der Waals surface area contributed by atoms with Gasteiger partial charge in [0.05, 0.1) is 58.1 Å². The maximum absolute atomic E-state index is 14.2. The fourth-order valence-corrected chi connectivity index (χ4v) is 7.15. The highest BCUT2D eigenvalue weighted by atomic mass is 32.1. The number of thiazole rings is 1. The molecular formula is C39H47N11O7S. The monoisotopic (exact) mass is 813 g/mol. The van der Waals surface area contributed by atoms with Crippen LogP contribution >= 0.6 is 11.3 Å². The lowest BCUT2D eigenvalue weighted by molar-refractivity contribution is -0.883. The number of quaternary nitrogens is 1. The van der Waals surface area contributed by atoms with Gasteiger partial charge in [-0.25, -0.2) is 14.8 Å². The first-order valence-corrected chi connectivity index (χ1v) is 19.6. The summed E-state index contributed by atoms with van der Waals surface area (Å²) >= 11 is 1.34. The summed E-state index contributed by atoms with van der Waals surface area (Å²) in [4.78, 5) is 64.0. The zero-order valence-corrected chi connectivity index (χ0v) is 34.1. The maximum atomic E-state index is 14.2. The quantitative estimate of drug-likeness (QED) is 0.155. The lowest BCUT2D eigenvalue weighted by Gasteiger charge is -2.33. The molecule has 2 amide bonds. The van der Waals surface area contributed by atoms with Gasteiger partial charge in [0.2, 0.25) is 0 Å². The first kappa shape index (κ1) is 41.4. The summed E-state index contributed by atoms with van der Waals surface area (Å²) in [5.74, 6) is -0.152. The summed E-state index contributed by atoms with van der Waals surface area (Å²) in [5, 5.41) is 31.7. The van der Waals surface area contributed by atoms with Crippen molar-refractivity contribution in [3.63, 3.8) is 0 Å². The maximum Gasteiger partial charge on any atom is 0.407 e. The number of hydrogen-bond donors (Lipinski definition) is 2. The molecule has 0 aliphatic carbocycles. The molecule has 58 heavy (non-hydrogen) atoms. The lowest BCUT2D eigenvalue weighted by Crippen LogP contribution is -2.51. The number of carboxylic acid groups (broad SMARTS) is 1. The molecular weight excluding hydrogens is 767 g/mol. The highest BCUT2D eigenvalue weighted by Gasteiger charge is 2.27. The minimum Gasteiger partial charge on any atom is -0.544 e. The smallest absolute Gasteiger partial charge is 0.407 e. The van der Waals surface area contributed by atoms with Crippen molar-refractivity contribution in [3.8, 4) is 5.75 Å². The second-order valence-corrected chi connectivity index (χ2v) is 16.5. The van der Waals surface area contributed by atoms with Gasteiger partial charge in [0.1, 0.15) is 29.9 Å². The number of amides is 2. The number of carbonyl (C=O) groups is 3. The Kier molecular flexibility index (Phi) is 12.5. The average molecular weight is 814 g/mol. The van der Waals surface area contributed by atoms with E-state index in [2.05, 4.69) is 31.0 Å². The minimum absolute atomic E-state index is 0.144. The number of pyridine rings is 1. The van der Waals surface area contributed by atoms with E-state index in [0.29, 0.717) is 55.5 Å². The Hall–Kier alpha value is -6.21. The van der Waals surface area contributed by atoms with Crippen LogP contribution in [0.3, 0.4) is 0 Å². The van der Waals surface area contributed by atoms with Gasteiger partial charge in [0, 0.05) is 48.5 Å². The van der Waals surface area contributed by atoms with Crippen molar-refractivity contribution in [1.82, 2.24) is 39.9 Å². The van der Waals surface area contributed by atoms with Gasteiger partial charge >= 0.3 is 6.09 Å². The Morgan fingerprint density at radius 3 is 2.48 bits per heavy atom. The third-order valence-electron chi connectivity index (χ3n) is 9.51. The molecule has 1 aliphatic rings. The van der Waals surface area contributed by atoms with E-state index >= 15 is 0 Å². The van der Waals surface area contributed by atoms with Gasteiger partial charge in [-0.05, 0) is 47.2 Å². The van der Waals surface area contributed by atoms with E-state index in [-0.39, 0.29) is 45.6 Å². The number of carbonyl (C=O) groups excluding carboxylic acids is 3. The molecule has 306 valence electrons. The van der Waals surface area contributed by atoms with E-state index in [4.69, 9.17) is 14.5 Å². The van der Waals surface area contributed by atoms with Gasteiger partial charge in [-0.15, -0.1) is 21.5 Å². The summed E-state index contributed by atoms with van der Waals surface area (Å²) in [6, 6.07) is 10.6. The molecule has 0 radical (unpaired) electrons. The SMILES string of the molecule is COc1ccc(Cn2nnc(C=Cc3c(N4CCC(OC(=O)NCC[N+](C)(C)CC(=O)[O-])CC4)nc4cc(C(=O)Nc5nc(C(C)(C)C)cs5)ccn4c3=O)n2)cc1. The minimum atomic E-state index is -1.17. The number of carboxylic acids is 1. The van der Waals surface area contributed by atoms with Crippen LogP contribution in [0.2, 0.25) is 0 Å².